The fourth-order valence-corrected chi connectivity index (χ4v) is 1.52. The smallest absolute Gasteiger partial charge is 0.191 e. The third-order valence-electron chi connectivity index (χ3n) is 2.42. The van der Waals surface area contributed by atoms with Crippen molar-refractivity contribution < 1.29 is 0 Å². The molecule has 0 heterocycles. The third-order valence-corrected chi connectivity index (χ3v) is 2.67. The Kier molecular flexibility index (Phi) is 10.2. The van der Waals surface area contributed by atoms with Gasteiger partial charge in [-0.1, -0.05) is 37.1 Å². The van der Waals surface area contributed by atoms with Crippen molar-refractivity contribution in [2.45, 2.75) is 26.3 Å². The van der Waals surface area contributed by atoms with Crippen molar-refractivity contribution in [2.24, 2.45) is 4.99 Å². The van der Waals surface area contributed by atoms with Crippen LogP contribution >= 0.6 is 35.6 Å². The van der Waals surface area contributed by atoms with E-state index in [2.05, 4.69) is 22.5 Å². The highest BCUT2D eigenvalue weighted by molar-refractivity contribution is 14.0. The van der Waals surface area contributed by atoms with Crippen molar-refractivity contribution in [1.82, 2.24) is 10.6 Å². The van der Waals surface area contributed by atoms with E-state index in [0.29, 0.717) is 0 Å². The van der Waals surface area contributed by atoms with Crippen LogP contribution in [-0.4, -0.2) is 19.6 Å². The number of benzene rings is 1. The van der Waals surface area contributed by atoms with Gasteiger partial charge in [0.1, 0.15) is 0 Å². The van der Waals surface area contributed by atoms with Crippen LogP contribution in [0.15, 0.2) is 29.3 Å². The van der Waals surface area contributed by atoms with E-state index in [4.69, 9.17) is 11.6 Å². The van der Waals surface area contributed by atoms with E-state index in [0.717, 1.165) is 30.5 Å². The molecule has 0 atom stereocenters. The third kappa shape index (κ3) is 7.06. The Morgan fingerprint density at radius 1 is 1.22 bits per heavy atom. The van der Waals surface area contributed by atoms with Gasteiger partial charge < -0.3 is 10.6 Å². The molecule has 0 saturated heterocycles. The summed E-state index contributed by atoms with van der Waals surface area (Å²) in [5, 5.41) is 7.29. The van der Waals surface area contributed by atoms with E-state index in [1.165, 1.54) is 12.0 Å². The highest BCUT2D eigenvalue weighted by Crippen LogP contribution is 2.08. The highest BCUT2D eigenvalue weighted by atomic mass is 127. The predicted molar refractivity (Wildman–Crippen MR) is 90.0 cm³/mol. The van der Waals surface area contributed by atoms with E-state index in [-0.39, 0.29) is 24.0 Å². The van der Waals surface area contributed by atoms with Crippen LogP contribution in [0.1, 0.15) is 25.3 Å². The quantitative estimate of drug-likeness (QED) is 0.355. The van der Waals surface area contributed by atoms with E-state index < -0.39 is 0 Å². The van der Waals surface area contributed by atoms with Gasteiger partial charge in [0.15, 0.2) is 5.96 Å². The van der Waals surface area contributed by atoms with Gasteiger partial charge in [-0.2, -0.15) is 0 Å². The molecule has 2 N–H and O–H groups in total. The van der Waals surface area contributed by atoms with Gasteiger partial charge in [-0.05, 0) is 24.1 Å². The molecule has 0 radical (unpaired) electrons. The van der Waals surface area contributed by atoms with Gasteiger partial charge in [-0.3, -0.25) is 4.99 Å². The number of rotatable bonds is 5. The summed E-state index contributed by atoms with van der Waals surface area (Å²) >= 11 is 5.83. The molecule has 102 valence electrons. The summed E-state index contributed by atoms with van der Waals surface area (Å²) in [5.74, 6) is 0.841. The first-order valence-corrected chi connectivity index (χ1v) is 6.33. The Balaban J connectivity index is 0.00000289. The number of hydrogen-bond donors (Lipinski definition) is 2. The number of guanidine groups is 1. The molecular weight excluding hydrogens is 361 g/mol. The monoisotopic (exact) mass is 381 g/mol. The van der Waals surface area contributed by atoms with Crippen LogP contribution in [0.2, 0.25) is 5.02 Å². The summed E-state index contributed by atoms with van der Waals surface area (Å²) < 4.78 is 0. The van der Waals surface area contributed by atoms with Gasteiger partial charge >= 0.3 is 0 Å². The average molecular weight is 382 g/mol. The lowest BCUT2D eigenvalue weighted by Gasteiger charge is -2.11. The van der Waals surface area contributed by atoms with Crippen molar-refractivity contribution in [1.29, 1.82) is 0 Å². The van der Waals surface area contributed by atoms with Crippen molar-refractivity contribution >= 4 is 41.5 Å². The van der Waals surface area contributed by atoms with Crippen LogP contribution < -0.4 is 10.6 Å². The normalized spacial score (nSPS) is 10.7. The first-order valence-electron chi connectivity index (χ1n) is 5.95. The van der Waals surface area contributed by atoms with Crippen LogP contribution in [0.25, 0.3) is 0 Å². The number of nitrogens with one attached hydrogen (secondary N) is 2. The minimum Gasteiger partial charge on any atom is -0.356 e. The number of unbranched alkanes of at least 4 members (excludes halogenated alkanes) is 1. The van der Waals surface area contributed by atoms with Gasteiger partial charge in [0, 0.05) is 25.2 Å². The minimum absolute atomic E-state index is 0. The van der Waals surface area contributed by atoms with Gasteiger partial charge in [0.2, 0.25) is 0 Å². The predicted octanol–water partition coefficient (Wildman–Crippen LogP) is 3.42. The van der Waals surface area contributed by atoms with Crippen molar-refractivity contribution in [3.05, 3.63) is 34.9 Å². The maximum atomic E-state index is 5.83. The molecule has 0 unspecified atom stereocenters. The first kappa shape index (κ1) is 17.5. The standard InChI is InChI=1S/C13H20ClN3.HI/c1-3-4-9-16-13(15-2)17-10-11-5-7-12(14)8-6-11;/h5-8H,3-4,9-10H2,1-2H3,(H2,15,16,17);1H. The van der Waals surface area contributed by atoms with Crippen molar-refractivity contribution in [3.8, 4) is 0 Å². The fourth-order valence-electron chi connectivity index (χ4n) is 1.39. The van der Waals surface area contributed by atoms with Crippen molar-refractivity contribution in [3.63, 3.8) is 0 Å². The number of nitrogens with zero attached hydrogens (tertiary/aromatic N) is 1. The SMILES string of the molecule is CCCCNC(=NC)NCc1ccc(Cl)cc1.I. The molecule has 0 aliphatic rings. The lowest BCUT2D eigenvalue weighted by Crippen LogP contribution is -2.37. The Hall–Kier alpha value is -0.490. The Morgan fingerprint density at radius 2 is 1.89 bits per heavy atom. The summed E-state index contributed by atoms with van der Waals surface area (Å²) in [4.78, 5) is 4.16. The van der Waals surface area contributed by atoms with E-state index in [1.807, 2.05) is 24.3 Å². The molecule has 1 aromatic carbocycles. The molecule has 0 saturated carbocycles. The zero-order valence-electron chi connectivity index (χ0n) is 10.9. The van der Waals surface area contributed by atoms with Gasteiger partial charge in [0.05, 0.1) is 0 Å². The summed E-state index contributed by atoms with van der Waals surface area (Å²) in [6.07, 6.45) is 2.34. The van der Waals surface area contributed by atoms with Crippen LogP contribution in [0, 0.1) is 0 Å². The van der Waals surface area contributed by atoms with E-state index >= 15 is 0 Å². The topological polar surface area (TPSA) is 36.4 Å². The van der Waals surface area contributed by atoms with Gasteiger partial charge in [0.25, 0.3) is 0 Å². The molecule has 18 heavy (non-hydrogen) atoms. The van der Waals surface area contributed by atoms with Crippen LogP contribution in [0.5, 0.6) is 0 Å². The molecule has 0 aromatic heterocycles. The first-order chi connectivity index (χ1) is 8.26. The molecule has 0 fully saturated rings. The molecule has 0 aliphatic carbocycles. The average Bonchev–Trinajstić information content (AvgIpc) is 2.35. The molecule has 5 heteroatoms. The Labute approximate surface area is 131 Å². The summed E-state index contributed by atoms with van der Waals surface area (Å²) in [5.41, 5.74) is 1.19. The lowest BCUT2D eigenvalue weighted by molar-refractivity contribution is 0.729. The highest BCUT2D eigenvalue weighted by Gasteiger charge is 1.97. The minimum atomic E-state index is 0. The summed E-state index contributed by atoms with van der Waals surface area (Å²) in [7, 11) is 1.78. The summed E-state index contributed by atoms with van der Waals surface area (Å²) in [6, 6.07) is 7.81. The second-order valence-corrected chi connectivity index (χ2v) is 4.27. The van der Waals surface area contributed by atoms with Gasteiger partial charge in [-0.15, -0.1) is 24.0 Å². The lowest BCUT2D eigenvalue weighted by atomic mass is 10.2. The van der Waals surface area contributed by atoms with Gasteiger partial charge in [-0.25, -0.2) is 0 Å². The molecule has 0 amide bonds. The Bertz CT molecular complexity index is 352. The molecular formula is C13H21ClIN3. The maximum Gasteiger partial charge on any atom is 0.191 e. The zero-order valence-corrected chi connectivity index (χ0v) is 14.0. The Morgan fingerprint density at radius 3 is 2.44 bits per heavy atom. The number of hydrogen-bond acceptors (Lipinski definition) is 1. The van der Waals surface area contributed by atoms with Crippen LogP contribution in [0.4, 0.5) is 0 Å². The summed E-state index contributed by atoms with van der Waals surface area (Å²) in [6.45, 7) is 3.88. The van der Waals surface area contributed by atoms with Crippen LogP contribution in [-0.2, 0) is 6.54 Å². The number of aliphatic imine (C=N–C) groups is 1. The second-order valence-electron chi connectivity index (χ2n) is 3.83. The molecule has 3 nitrogen and oxygen atoms in total. The molecule has 1 rings (SSSR count). The fraction of sp³-hybridized carbons (Fsp3) is 0.462. The van der Waals surface area contributed by atoms with Crippen molar-refractivity contribution in [2.75, 3.05) is 13.6 Å². The molecule has 0 spiro atoms. The molecule has 1 aromatic rings. The number of halogens is 2. The largest absolute Gasteiger partial charge is 0.356 e. The second kappa shape index (κ2) is 10.4. The van der Waals surface area contributed by atoms with E-state index in [1.54, 1.807) is 7.05 Å². The van der Waals surface area contributed by atoms with E-state index in [9.17, 15) is 0 Å². The maximum absolute atomic E-state index is 5.83. The zero-order chi connectivity index (χ0) is 12.5. The van der Waals surface area contributed by atoms with Crippen LogP contribution in [0.3, 0.4) is 0 Å². The molecule has 0 bridgehead atoms. The molecule has 0 aliphatic heterocycles.